The molecule has 11 rings (SSSR count). The van der Waals surface area contributed by atoms with E-state index >= 15 is 0 Å². The Balaban J connectivity index is 0.00000420. The fourth-order valence-corrected chi connectivity index (χ4v) is 7.91. The summed E-state index contributed by atoms with van der Waals surface area (Å²) in [6.07, 6.45) is 6.24. The Hall–Kier alpha value is -7.28. The second-order valence-corrected chi connectivity index (χ2v) is 14.2. The van der Waals surface area contributed by atoms with Crippen LogP contribution in [0.1, 0.15) is 45.8 Å². The molecular weight excluding hydrogens is 908 g/mol. The van der Waals surface area contributed by atoms with Crippen molar-refractivity contribution >= 4 is 28.4 Å². The molecule has 59 heavy (non-hydrogen) atoms. The molecule has 1 unspecified atom stereocenters. The van der Waals surface area contributed by atoms with Crippen molar-refractivity contribution < 1.29 is 21.1 Å². The predicted molar refractivity (Wildman–Crippen MR) is 231 cm³/mol. The van der Waals surface area contributed by atoms with E-state index in [0.717, 1.165) is 73.6 Å². The number of aromatic nitrogens is 4. The van der Waals surface area contributed by atoms with Gasteiger partial charge in [-0.3, -0.25) is 9.13 Å². The van der Waals surface area contributed by atoms with Gasteiger partial charge in [-0.2, -0.15) is 0 Å². The first-order chi connectivity index (χ1) is 28.8. The van der Waals surface area contributed by atoms with E-state index in [4.69, 9.17) is 25.6 Å². The minimum Gasteiger partial charge on any atom is -0.452 e. The van der Waals surface area contributed by atoms with Gasteiger partial charge >= 0.3 is 21.1 Å². The van der Waals surface area contributed by atoms with E-state index in [9.17, 15) is 0 Å². The van der Waals surface area contributed by atoms with E-state index < -0.39 is 6.04 Å². The average molecular weight is 942 g/mol. The van der Waals surface area contributed by atoms with Crippen LogP contribution in [0.25, 0.3) is 38.9 Å². The van der Waals surface area contributed by atoms with Gasteiger partial charge in [0.05, 0.1) is 11.4 Å². The van der Waals surface area contributed by atoms with Gasteiger partial charge < -0.3 is 20.5 Å². The molecule has 5 heterocycles. The number of benzene rings is 6. The summed E-state index contributed by atoms with van der Waals surface area (Å²) in [4.78, 5) is 18.6. The number of aliphatic imine (C=N–C) groups is 1. The Labute approximate surface area is 356 Å². The third kappa shape index (κ3) is 6.44. The fraction of sp³-hybridized carbons (Fsp3) is 0.0200. The quantitative estimate of drug-likeness (QED) is 0.167. The molecule has 0 spiro atoms. The van der Waals surface area contributed by atoms with Crippen LogP contribution in [0.15, 0.2) is 217 Å². The van der Waals surface area contributed by atoms with Crippen molar-refractivity contribution in [1.29, 1.82) is 0 Å². The summed E-state index contributed by atoms with van der Waals surface area (Å²) in [6, 6.07) is 61.7. The van der Waals surface area contributed by atoms with Crippen molar-refractivity contribution in [1.82, 2.24) is 19.1 Å². The number of anilines is 1. The maximum Gasteiger partial charge on any atom is 2.00 e. The topological polar surface area (TPSA) is 79.4 Å². The van der Waals surface area contributed by atoms with E-state index in [1.807, 2.05) is 72.8 Å². The van der Waals surface area contributed by atoms with Gasteiger partial charge in [0.25, 0.3) is 0 Å². The molecule has 3 aliphatic rings. The fourth-order valence-electron chi connectivity index (χ4n) is 7.91. The van der Waals surface area contributed by atoms with Gasteiger partial charge in [0, 0.05) is 41.0 Å². The molecule has 0 N–H and O–H groups in total. The van der Waals surface area contributed by atoms with Crippen LogP contribution in [0.3, 0.4) is 0 Å². The summed E-state index contributed by atoms with van der Waals surface area (Å²) < 4.78 is 4.29. The van der Waals surface area contributed by atoms with Crippen LogP contribution in [0.4, 0.5) is 5.69 Å². The zero-order valence-corrected chi connectivity index (χ0v) is 33.8. The Morgan fingerprint density at radius 2 is 0.915 bits per heavy atom. The minimum atomic E-state index is -0.424. The SMILES string of the molecule is C1=C2[N-]C(=C(c3ccccc3)c3nc(cn3-c3ccccc3)C3=NC(c4ccccc4)C(=C(c4ccccc4)c4nc2cn4-c2ccccc2)[N-]3)N1c1ccccc1.[Pt+2]. The molecule has 284 valence electrons. The van der Waals surface area contributed by atoms with Crippen LogP contribution in [-0.4, -0.2) is 24.9 Å². The third-order valence-electron chi connectivity index (χ3n) is 10.6. The molecule has 0 saturated heterocycles. The molecule has 6 aromatic carbocycles. The largest absolute Gasteiger partial charge is 2.00 e. The molecule has 0 amide bonds. The summed E-state index contributed by atoms with van der Waals surface area (Å²) >= 11 is 0. The number of fused-ring (bicyclic) bond motifs is 10. The third-order valence-corrected chi connectivity index (χ3v) is 10.6. The van der Waals surface area contributed by atoms with Crippen LogP contribution in [0.5, 0.6) is 0 Å². The number of hydrogen-bond acceptors (Lipinski definition) is 4. The normalized spacial score (nSPS) is 15.5. The summed E-state index contributed by atoms with van der Waals surface area (Å²) in [6.45, 7) is 0. The first-order valence-electron chi connectivity index (χ1n) is 19.3. The molecule has 1 atom stereocenters. The summed E-state index contributed by atoms with van der Waals surface area (Å²) in [5.41, 5.74) is 10.5. The molecule has 8 aromatic rings. The van der Waals surface area contributed by atoms with Crippen molar-refractivity contribution in [3.05, 3.63) is 262 Å². The van der Waals surface area contributed by atoms with Gasteiger partial charge in [-0.15, -0.1) is 0 Å². The minimum absolute atomic E-state index is 0. The van der Waals surface area contributed by atoms with Crippen LogP contribution < -0.4 is 4.90 Å². The molecular formula is C50H34N8Pt. The van der Waals surface area contributed by atoms with Crippen molar-refractivity contribution in [2.45, 2.75) is 6.04 Å². The molecule has 8 bridgehead atoms. The second kappa shape index (κ2) is 15.2. The van der Waals surface area contributed by atoms with Gasteiger partial charge in [0.1, 0.15) is 11.6 Å². The van der Waals surface area contributed by atoms with Crippen LogP contribution in [0.2, 0.25) is 0 Å². The monoisotopic (exact) mass is 941 g/mol. The smallest absolute Gasteiger partial charge is 0.452 e. The Morgan fingerprint density at radius 3 is 1.49 bits per heavy atom. The zero-order valence-electron chi connectivity index (χ0n) is 31.5. The van der Waals surface area contributed by atoms with Gasteiger partial charge in [-0.1, -0.05) is 164 Å². The second-order valence-electron chi connectivity index (χ2n) is 14.2. The molecule has 0 aliphatic carbocycles. The van der Waals surface area contributed by atoms with Crippen molar-refractivity contribution in [3.8, 4) is 11.4 Å². The van der Waals surface area contributed by atoms with Crippen molar-refractivity contribution in [2.24, 2.45) is 4.99 Å². The summed E-state index contributed by atoms with van der Waals surface area (Å²) in [5.74, 6) is 2.72. The number of para-hydroxylation sites is 3. The molecule has 0 saturated carbocycles. The van der Waals surface area contributed by atoms with Crippen LogP contribution >= 0.6 is 0 Å². The molecule has 2 aromatic heterocycles. The van der Waals surface area contributed by atoms with E-state index in [1.165, 1.54) is 0 Å². The molecule has 8 nitrogen and oxygen atoms in total. The Bertz CT molecular complexity index is 2710. The van der Waals surface area contributed by atoms with E-state index in [0.29, 0.717) is 17.4 Å². The molecule has 0 fully saturated rings. The van der Waals surface area contributed by atoms with Crippen LogP contribution in [-0.2, 0) is 21.1 Å². The number of hydrogen-bond donors (Lipinski definition) is 0. The zero-order chi connectivity index (χ0) is 38.4. The van der Waals surface area contributed by atoms with E-state index in [2.05, 4.69) is 142 Å². The number of rotatable bonds is 6. The Kier molecular flexibility index (Phi) is 9.32. The van der Waals surface area contributed by atoms with Gasteiger partial charge in [0.15, 0.2) is 0 Å². The van der Waals surface area contributed by atoms with Crippen molar-refractivity contribution in [3.63, 3.8) is 0 Å². The maximum atomic E-state index is 5.53. The average Bonchev–Trinajstić information content (AvgIpc) is 4.12. The van der Waals surface area contributed by atoms with E-state index in [-0.39, 0.29) is 21.1 Å². The standard InChI is InChI=1S/C50H34N8.Pt/c1-7-19-34(20-8-1)43-46-45(36-23-11-3-12-24-36)54-47(55-46)42-33-58(39-29-17-6-18-30-39)50(53-42)44(35-21-9-2-10-22-35)49-52-41(32-57(49)38-27-15-5-16-28-38)40-31-56(48(43)51-40)37-25-13-4-14-26-37;/h1-33,45H;/q-2;+2. The molecule has 9 heteroatoms. The first kappa shape index (κ1) is 36.1. The van der Waals surface area contributed by atoms with Gasteiger partial charge in [0.2, 0.25) is 0 Å². The number of nitrogens with zero attached hydrogens (tertiary/aromatic N) is 8. The number of imidazole rings is 2. The van der Waals surface area contributed by atoms with Gasteiger partial charge in [-0.25, -0.2) is 9.97 Å². The van der Waals surface area contributed by atoms with Crippen LogP contribution in [0, 0.1) is 0 Å². The maximum absolute atomic E-state index is 5.53. The molecule has 0 radical (unpaired) electrons. The first-order valence-corrected chi connectivity index (χ1v) is 19.3. The predicted octanol–water partition coefficient (Wildman–Crippen LogP) is 11.3. The number of amidine groups is 1. The van der Waals surface area contributed by atoms with E-state index in [1.54, 1.807) is 0 Å². The molecule has 3 aliphatic heterocycles. The van der Waals surface area contributed by atoms with Gasteiger partial charge in [-0.05, 0) is 69.7 Å². The van der Waals surface area contributed by atoms with Crippen molar-refractivity contribution in [2.75, 3.05) is 4.90 Å². The summed E-state index contributed by atoms with van der Waals surface area (Å²) in [5, 5.41) is 11.0. The Morgan fingerprint density at radius 1 is 0.458 bits per heavy atom. The summed E-state index contributed by atoms with van der Waals surface area (Å²) in [7, 11) is 0.